The second kappa shape index (κ2) is 8.82. The highest BCUT2D eigenvalue weighted by atomic mass is 16.2. The van der Waals surface area contributed by atoms with Crippen molar-refractivity contribution in [2.24, 2.45) is 5.73 Å². The number of carbonyl (C=O) groups is 4. The Morgan fingerprint density at radius 3 is 2.53 bits per heavy atom. The highest BCUT2D eigenvalue weighted by Gasteiger charge is 2.39. The summed E-state index contributed by atoms with van der Waals surface area (Å²) in [5, 5.41) is 10.3. The molecule has 176 valence electrons. The fraction of sp³-hybridized carbons (Fsp3) is 0.391. The van der Waals surface area contributed by atoms with Crippen molar-refractivity contribution in [2.45, 2.75) is 32.0 Å². The average molecular weight is 463 g/mol. The quantitative estimate of drug-likeness (QED) is 0.574. The second-order valence-corrected chi connectivity index (χ2v) is 8.80. The van der Waals surface area contributed by atoms with Crippen LogP contribution < -0.4 is 16.0 Å². The lowest BCUT2D eigenvalue weighted by Crippen LogP contribution is -2.52. The zero-order chi connectivity index (χ0) is 23.8. The number of hydrogen-bond donors (Lipinski definition) is 2. The molecule has 1 unspecified atom stereocenters. The summed E-state index contributed by atoms with van der Waals surface area (Å²) < 4.78 is 0. The summed E-state index contributed by atoms with van der Waals surface area (Å²) in [5.74, 6) is -0.727. The Bertz CT molecular complexity index is 1160. The molecule has 2 fully saturated rings. The van der Waals surface area contributed by atoms with E-state index in [9.17, 15) is 19.2 Å². The van der Waals surface area contributed by atoms with E-state index in [-0.39, 0.29) is 23.9 Å². The molecule has 0 bridgehead atoms. The summed E-state index contributed by atoms with van der Waals surface area (Å²) in [6.07, 6.45) is 0.603. The van der Waals surface area contributed by atoms with E-state index in [2.05, 4.69) is 25.3 Å². The first-order chi connectivity index (χ1) is 16.4. The molecule has 0 spiro atoms. The van der Waals surface area contributed by atoms with Crippen LogP contribution in [0.25, 0.3) is 0 Å². The molecule has 34 heavy (non-hydrogen) atoms. The van der Waals surface area contributed by atoms with Gasteiger partial charge < -0.3 is 15.5 Å². The molecule has 3 aliphatic rings. The van der Waals surface area contributed by atoms with Crippen LogP contribution in [-0.4, -0.2) is 75.8 Å². The predicted molar refractivity (Wildman–Crippen MR) is 121 cm³/mol. The maximum Gasteiger partial charge on any atom is 0.269 e. The lowest BCUT2D eigenvalue weighted by Gasteiger charge is -2.35. The van der Waals surface area contributed by atoms with Gasteiger partial charge in [0.05, 0.1) is 0 Å². The molecule has 1 atom stereocenters. The predicted octanol–water partition coefficient (Wildman–Crippen LogP) is -0.341. The number of imide groups is 1. The number of fused-ring (bicyclic) bond motifs is 1. The number of benzene rings is 1. The first-order valence-electron chi connectivity index (χ1n) is 11.3. The number of piperazine rings is 1. The topological polar surface area (TPSA) is 142 Å². The minimum absolute atomic E-state index is 0.147. The van der Waals surface area contributed by atoms with Crippen LogP contribution in [-0.2, 0) is 22.7 Å². The van der Waals surface area contributed by atoms with Crippen LogP contribution in [0, 0.1) is 0 Å². The molecular weight excluding hydrogens is 438 g/mol. The summed E-state index contributed by atoms with van der Waals surface area (Å²) in [6.45, 7) is 4.34. The fourth-order valence-electron chi connectivity index (χ4n) is 4.74. The summed E-state index contributed by atoms with van der Waals surface area (Å²) in [5.41, 5.74) is 8.01. The molecule has 4 heterocycles. The van der Waals surface area contributed by atoms with E-state index in [1.165, 1.54) is 0 Å². The number of aromatic nitrogens is 2. The normalized spacial score (nSPS) is 20.9. The van der Waals surface area contributed by atoms with Gasteiger partial charge in [-0.25, -0.2) is 0 Å². The molecule has 0 saturated carbocycles. The van der Waals surface area contributed by atoms with Gasteiger partial charge in [0, 0.05) is 51.3 Å². The number of nitrogens with one attached hydrogen (secondary N) is 1. The Kier molecular flexibility index (Phi) is 5.70. The van der Waals surface area contributed by atoms with Gasteiger partial charge in [0.15, 0.2) is 11.5 Å². The van der Waals surface area contributed by atoms with E-state index in [0.29, 0.717) is 24.3 Å². The van der Waals surface area contributed by atoms with Gasteiger partial charge in [-0.2, -0.15) is 0 Å². The first-order valence-corrected chi connectivity index (χ1v) is 11.3. The van der Waals surface area contributed by atoms with Crippen LogP contribution in [0.5, 0.6) is 0 Å². The van der Waals surface area contributed by atoms with Crippen LogP contribution in [0.1, 0.15) is 44.8 Å². The number of primary amides is 1. The van der Waals surface area contributed by atoms with Crippen molar-refractivity contribution in [3.8, 4) is 0 Å². The highest BCUT2D eigenvalue weighted by Crippen LogP contribution is 2.28. The Morgan fingerprint density at radius 2 is 1.85 bits per heavy atom. The summed E-state index contributed by atoms with van der Waals surface area (Å²) in [6, 6.07) is 8.58. The van der Waals surface area contributed by atoms with Crippen molar-refractivity contribution in [3.63, 3.8) is 0 Å². The minimum Gasteiger partial charge on any atom is -0.364 e. The highest BCUT2D eigenvalue weighted by molar-refractivity contribution is 6.05. The Labute approximate surface area is 195 Å². The molecule has 0 radical (unpaired) electrons. The minimum atomic E-state index is -0.603. The van der Waals surface area contributed by atoms with Crippen LogP contribution in [0.2, 0.25) is 0 Å². The molecule has 2 saturated heterocycles. The van der Waals surface area contributed by atoms with Gasteiger partial charge >= 0.3 is 0 Å². The van der Waals surface area contributed by atoms with Gasteiger partial charge in [-0.3, -0.25) is 29.4 Å². The van der Waals surface area contributed by atoms with Gasteiger partial charge in [0.1, 0.15) is 6.04 Å². The molecule has 3 N–H and O–H groups in total. The zero-order valence-corrected chi connectivity index (χ0v) is 18.6. The van der Waals surface area contributed by atoms with E-state index < -0.39 is 17.9 Å². The molecule has 1 aromatic heterocycles. The number of amides is 4. The zero-order valence-electron chi connectivity index (χ0n) is 18.6. The molecule has 2 aromatic rings. The fourth-order valence-corrected chi connectivity index (χ4v) is 4.74. The molecule has 4 amide bonds. The van der Waals surface area contributed by atoms with Crippen molar-refractivity contribution < 1.29 is 19.2 Å². The number of rotatable bonds is 5. The number of anilines is 1. The Morgan fingerprint density at radius 1 is 1.06 bits per heavy atom. The maximum absolute atomic E-state index is 12.9. The number of nitrogens with zero attached hydrogens (tertiary/aromatic N) is 5. The maximum atomic E-state index is 12.9. The van der Waals surface area contributed by atoms with Crippen LogP contribution >= 0.6 is 0 Å². The summed E-state index contributed by atoms with van der Waals surface area (Å²) >= 11 is 0. The largest absolute Gasteiger partial charge is 0.364 e. The van der Waals surface area contributed by atoms with E-state index in [0.717, 1.165) is 43.9 Å². The Balaban J connectivity index is 1.19. The van der Waals surface area contributed by atoms with Crippen molar-refractivity contribution in [1.82, 2.24) is 25.3 Å². The van der Waals surface area contributed by atoms with Crippen LogP contribution in [0.4, 0.5) is 5.82 Å². The van der Waals surface area contributed by atoms with Gasteiger partial charge in [-0.15, -0.1) is 10.2 Å². The Hall–Kier alpha value is -3.86. The molecule has 11 heteroatoms. The number of carbonyl (C=O) groups excluding carboxylic acids is 4. The van der Waals surface area contributed by atoms with Crippen molar-refractivity contribution >= 4 is 29.4 Å². The van der Waals surface area contributed by atoms with E-state index in [1.807, 2.05) is 18.2 Å². The third kappa shape index (κ3) is 4.21. The van der Waals surface area contributed by atoms with E-state index in [1.54, 1.807) is 17.0 Å². The van der Waals surface area contributed by atoms with E-state index >= 15 is 0 Å². The van der Waals surface area contributed by atoms with Gasteiger partial charge in [-0.05, 0) is 35.7 Å². The molecular formula is C23H25N7O4. The SMILES string of the molecule is NC(=O)c1ccc(N2CCN(Cc3ccc4c(c3)CN(C3CCC(=O)NC3=O)C4=O)CC2)nn1. The first kappa shape index (κ1) is 22.0. The number of nitrogens with two attached hydrogens (primary N) is 1. The van der Waals surface area contributed by atoms with E-state index in [4.69, 9.17) is 5.73 Å². The standard InChI is InChI=1S/C23H25N7O4/c24-21(32)17-3-5-19(27-26-17)29-9-7-28(8-10-29)12-14-1-2-16-15(11-14)13-30(23(16)34)18-4-6-20(31)25-22(18)33/h1-3,5,11,18H,4,6-10,12-13H2,(H2,24,32)(H,25,31,33). The van der Waals surface area contributed by atoms with Crippen LogP contribution in [0.15, 0.2) is 30.3 Å². The van der Waals surface area contributed by atoms with Gasteiger partial charge in [-0.1, -0.05) is 12.1 Å². The average Bonchev–Trinajstić information content (AvgIpc) is 3.15. The summed E-state index contributed by atoms with van der Waals surface area (Å²) in [7, 11) is 0. The number of piperidine rings is 1. The third-order valence-electron chi connectivity index (χ3n) is 6.59. The molecule has 0 aliphatic carbocycles. The van der Waals surface area contributed by atoms with Crippen molar-refractivity contribution in [2.75, 3.05) is 31.1 Å². The van der Waals surface area contributed by atoms with Gasteiger partial charge in [0.25, 0.3) is 11.8 Å². The molecule has 1 aromatic carbocycles. The number of hydrogen-bond acceptors (Lipinski definition) is 8. The monoisotopic (exact) mass is 463 g/mol. The summed E-state index contributed by atoms with van der Waals surface area (Å²) in [4.78, 5) is 53.7. The molecule has 3 aliphatic heterocycles. The molecule has 5 rings (SSSR count). The van der Waals surface area contributed by atoms with Crippen LogP contribution in [0.3, 0.4) is 0 Å². The van der Waals surface area contributed by atoms with Crippen molar-refractivity contribution in [3.05, 3.63) is 52.7 Å². The smallest absolute Gasteiger partial charge is 0.269 e. The van der Waals surface area contributed by atoms with Crippen molar-refractivity contribution in [1.29, 1.82) is 0 Å². The third-order valence-corrected chi connectivity index (χ3v) is 6.59. The lowest BCUT2D eigenvalue weighted by molar-refractivity contribution is -0.136. The second-order valence-electron chi connectivity index (χ2n) is 8.80. The molecule has 11 nitrogen and oxygen atoms in total. The van der Waals surface area contributed by atoms with Gasteiger partial charge in [0.2, 0.25) is 11.8 Å². The lowest BCUT2D eigenvalue weighted by atomic mass is 10.0.